The van der Waals surface area contributed by atoms with Gasteiger partial charge >= 0.3 is 19.8 Å². The van der Waals surface area contributed by atoms with Crippen molar-refractivity contribution in [1.29, 1.82) is 0 Å². The third kappa shape index (κ3) is 37.8. The summed E-state index contributed by atoms with van der Waals surface area (Å²) in [4.78, 5) is 34.4. The van der Waals surface area contributed by atoms with Crippen LogP contribution in [-0.4, -0.2) is 43.3 Å². The summed E-state index contributed by atoms with van der Waals surface area (Å²) in [5.74, 6) is -0.823. The maximum absolute atomic E-state index is 12.5. The van der Waals surface area contributed by atoms with E-state index in [2.05, 4.69) is 54.8 Å². The Morgan fingerprint density at radius 3 is 1.45 bits per heavy atom. The third-order valence-corrected chi connectivity index (χ3v) is 9.79. The molecule has 0 saturated heterocycles. The van der Waals surface area contributed by atoms with Gasteiger partial charge in [0, 0.05) is 20.0 Å². The fourth-order valence-electron chi connectivity index (χ4n) is 5.61. The van der Waals surface area contributed by atoms with Gasteiger partial charge in [-0.3, -0.25) is 18.6 Å². The SMILES string of the molecule is CCCC/C=C\C/C=C\CCCCCCCC(=O)OC(COC(=O)CCCCCCCCC/C=C\CCCCCCCCC)COP(=O)(O)OC. The monoisotopic (exact) mass is 741 g/mol. The molecule has 2 atom stereocenters. The van der Waals surface area contributed by atoms with Crippen molar-refractivity contribution in [2.75, 3.05) is 20.3 Å². The number of phosphoric ester groups is 1. The predicted octanol–water partition coefficient (Wildman–Crippen LogP) is 12.8. The lowest BCUT2D eigenvalue weighted by molar-refractivity contribution is -0.161. The molecule has 0 fully saturated rings. The summed E-state index contributed by atoms with van der Waals surface area (Å²) in [7, 11) is -3.21. The Hall–Kier alpha value is -1.73. The average molecular weight is 741 g/mol. The molecule has 8 nitrogen and oxygen atoms in total. The first-order valence-electron chi connectivity index (χ1n) is 20.7. The molecule has 2 unspecified atom stereocenters. The zero-order valence-electron chi connectivity index (χ0n) is 33.0. The minimum Gasteiger partial charge on any atom is -0.462 e. The van der Waals surface area contributed by atoms with Crippen molar-refractivity contribution in [3.8, 4) is 0 Å². The lowest BCUT2D eigenvalue weighted by atomic mass is 10.1. The maximum Gasteiger partial charge on any atom is 0.472 e. The molecule has 0 aromatic rings. The molecule has 51 heavy (non-hydrogen) atoms. The van der Waals surface area contributed by atoms with Crippen molar-refractivity contribution in [1.82, 2.24) is 0 Å². The van der Waals surface area contributed by atoms with Crippen LogP contribution < -0.4 is 0 Å². The molecule has 0 saturated carbocycles. The summed E-state index contributed by atoms with van der Waals surface area (Å²) >= 11 is 0. The van der Waals surface area contributed by atoms with Crippen LogP contribution in [0.2, 0.25) is 0 Å². The Morgan fingerprint density at radius 2 is 0.961 bits per heavy atom. The minimum absolute atomic E-state index is 0.228. The Balaban J connectivity index is 4.02. The third-order valence-electron chi connectivity index (χ3n) is 8.86. The second-order valence-electron chi connectivity index (χ2n) is 13.8. The Bertz CT molecular complexity index is 932. The van der Waals surface area contributed by atoms with Crippen LogP contribution in [0.25, 0.3) is 0 Å². The molecule has 0 radical (unpaired) electrons. The number of carbonyl (C=O) groups is 2. The van der Waals surface area contributed by atoms with Crippen LogP contribution in [0.3, 0.4) is 0 Å². The van der Waals surface area contributed by atoms with Gasteiger partial charge in [0.2, 0.25) is 0 Å². The van der Waals surface area contributed by atoms with Crippen LogP contribution in [0.1, 0.15) is 194 Å². The van der Waals surface area contributed by atoms with E-state index < -0.39 is 26.5 Å². The van der Waals surface area contributed by atoms with Gasteiger partial charge in [0.15, 0.2) is 6.10 Å². The number of hydrogen-bond acceptors (Lipinski definition) is 7. The van der Waals surface area contributed by atoms with E-state index in [1.165, 1.54) is 96.3 Å². The molecule has 0 heterocycles. The summed E-state index contributed by atoms with van der Waals surface area (Å²) in [5.41, 5.74) is 0. The summed E-state index contributed by atoms with van der Waals surface area (Å²) in [6.07, 6.45) is 43.3. The smallest absolute Gasteiger partial charge is 0.462 e. The van der Waals surface area contributed by atoms with Crippen LogP contribution in [0.5, 0.6) is 0 Å². The Labute approximate surface area is 313 Å². The quantitative estimate of drug-likeness (QED) is 0.0288. The number of esters is 2. The lowest BCUT2D eigenvalue weighted by Gasteiger charge is -2.19. The van der Waals surface area contributed by atoms with Gasteiger partial charge in [0.1, 0.15) is 6.61 Å². The zero-order valence-corrected chi connectivity index (χ0v) is 33.9. The van der Waals surface area contributed by atoms with E-state index in [0.29, 0.717) is 6.42 Å². The van der Waals surface area contributed by atoms with Crippen molar-refractivity contribution >= 4 is 19.8 Å². The van der Waals surface area contributed by atoms with E-state index in [9.17, 15) is 19.0 Å². The Morgan fingerprint density at radius 1 is 0.549 bits per heavy atom. The fraction of sp³-hybridized carbons (Fsp3) is 0.810. The van der Waals surface area contributed by atoms with Crippen molar-refractivity contribution in [3.63, 3.8) is 0 Å². The van der Waals surface area contributed by atoms with Crippen LogP contribution in [0.15, 0.2) is 36.5 Å². The molecule has 0 aromatic carbocycles. The van der Waals surface area contributed by atoms with E-state index in [0.717, 1.165) is 71.3 Å². The summed E-state index contributed by atoms with van der Waals surface area (Å²) in [6, 6.07) is 0. The molecule has 1 N–H and O–H groups in total. The van der Waals surface area contributed by atoms with Crippen LogP contribution in [0, 0.1) is 0 Å². The van der Waals surface area contributed by atoms with Crippen LogP contribution >= 0.6 is 7.82 Å². The van der Waals surface area contributed by atoms with E-state index >= 15 is 0 Å². The van der Waals surface area contributed by atoms with Crippen LogP contribution in [0.4, 0.5) is 0 Å². The summed E-state index contributed by atoms with van der Waals surface area (Å²) in [6.45, 7) is 3.83. The highest BCUT2D eigenvalue weighted by atomic mass is 31.2. The van der Waals surface area contributed by atoms with Gasteiger partial charge in [-0.2, -0.15) is 0 Å². The molecule has 0 spiro atoms. The summed E-state index contributed by atoms with van der Waals surface area (Å²) < 4.78 is 31.9. The molecule has 0 aliphatic carbocycles. The molecular formula is C42H77O8P. The van der Waals surface area contributed by atoms with Gasteiger partial charge in [-0.25, -0.2) is 4.57 Å². The van der Waals surface area contributed by atoms with Gasteiger partial charge in [-0.15, -0.1) is 0 Å². The Kier molecular flexibility index (Phi) is 36.7. The maximum atomic E-state index is 12.5. The number of phosphoric acid groups is 1. The molecule has 0 aliphatic rings. The number of carbonyl (C=O) groups excluding carboxylic acids is 2. The second-order valence-corrected chi connectivity index (χ2v) is 15.3. The molecule has 0 aromatic heterocycles. The van der Waals surface area contributed by atoms with Crippen molar-refractivity contribution < 1.29 is 37.6 Å². The average Bonchev–Trinajstić information content (AvgIpc) is 3.12. The standard InChI is InChI=1S/C42H77O8P/c1-4-6-8-10-12-14-16-18-20-21-22-23-25-26-28-30-32-34-36-41(43)48-38-40(39-49-51(45,46)47-3)50-42(44)37-35-33-31-29-27-24-19-17-15-13-11-9-7-5-2/h11,13,17,19-21,40H,4-10,12,14-16,18,22-39H2,1-3H3,(H,45,46)/b13-11-,19-17-,21-20-. The first kappa shape index (κ1) is 49.3. The number of unbranched alkanes of at least 4 members (excludes halogenated alkanes) is 21. The highest BCUT2D eigenvalue weighted by Crippen LogP contribution is 2.42. The van der Waals surface area contributed by atoms with E-state index in [-0.39, 0.29) is 25.4 Å². The number of ether oxygens (including phenoxy) is 2. The molecular weight excluding hydrogens is 663 g/mol. The second kappa shape index (κ2) is 38.0. The summed E-state index contributed by atoms with van der Waals surface area (Å²) in [5, 5.41) is 0. The van der Waals surface area contributed by atoms with Gasteiger partial charge in [-0.05, 0) is 64.2 Å². The zero-order chi connectivity index (χ0) is 37.5. The fourth-order valence-corrected chi connectivity index (χ4v) is 6.07. The number of allylic oxidation sites excluding steroid dienone is 6. The van der Waals surface area contributed by atoms with E-state index in [1.54, 1.807) is 0 Å². The molecule has 0 amide bonds. The molecule has 0 bridgehead atoms. The predicted molar refractivity (Wildman–Crippen MR) is 212 cm³/mol. The molecule has 0 aliphatic heterocycles. The first-order chi connectivity index (χ1) is 24.8. The van der Waals surface area contributed by atoms with Gasteiger partial charge in [0.25, 0.3) is 0 Å². The molecule has 9 heteroatoms. The number of rotatable bonds is 38. The highest BCUT2D eigenvalue weighted by molar-refractivity contribution is 7.47. The van der Waals surface area contributed by atoms with Gasteiger partial charge in [-0.1, -0.05) is 153 Å². The molecule has 0 rings (SSSR count). The van der Waals surface area contributed by atoms with Gasteiger partial charge < -0.3 is 14.4 Å². The van der Waals surface area contributed by atoms with E-state index in [1.807, 2.05) is 0 Å². The minimum atomic E-state index is -4.26. The molecule has 298 valence electrons. The van der Waals surface area contributed by atoms with Crippen molar-refractivity contribution in [3.05, 3.63) is 36.5 Å². The van der Waals surface area contributed by atoms with Crippen molar-refractivity contribution in [2.24, 2.45) is 0 Å². The highest BCUT2D eigenvalue weighted by Gasteiger charge is 2.24. The van der Waals surface area contributed by atoms with Gasteiger partial charge in [0.05, 0.1) is 6.61 Å². The van der Waals surface area contributed by atoms with Crippen LogP contribution in [-0.2, 0) is 32.7 Å². The lowest BCUT2D eigenvalue weighted by Crippen LogP contribution is -2.29. The van der Waals surface area contributed by atoms with Crippen molar-refractivity contribution in [2.45, 2.75) is 200 Å². The number of hydrogen-bond donors (Lipinski definition) is 1. The largest absolute Gasteiger partial charge is 0.472 e. The normalized spacial score (nSPS) is 13.7. The van der Waals surface area contributed by atoms with E-state index in [4.69, 9.17) is 14.0 Å². The topological polar surface area (TPSA) is 108 Å². The first-order valence-corrected chi connectivity index (χ1v) is 22.2.